The van der Waals surface area contributed by atoms with Crippen molar-refractivity contribution in [1.82, 2.24) is 23.4 Å². The van der Waals surface area contributed by atoms with E-state index in [-0.39, 0.29) is 5.03 Å². The Morgan fingerprint density at radius 2 is 1.89 bits per heavy atom. The number of esters is 1. The number of hydrogen-bond donors (Lipinski definition) is 0. The second-order valence-corrected chi connectivity index (χ2v) is 11.3. The predicted molar refractivity (Wildman–Crippen MR) is 143 cm³/mol. The number of benzene rings is 2. The number of rotatable bonds is 8. The highest BCUT2D eigenvalue weighted by molar-refractivity contribution is 7.89. The number of aromatic nitrogens is 4. The van der Waals surface area contributed by atoms with Crippen LogP contribution in [0.5, 0.6) is 0 Å². The molecule has 0 N–H and O–H groups in total. The van der Waals surface area contributed by atoms with Crippen LogP contribution in [-0.2, 0) is 46.6 Å². The van der Waals surface area contributed by atoms with Gasteiger partial charge in [0.1, 0.15) is 6.54 Å². The maximum absolute atomic E-state index is 13.8. The van der Waals surface area contributed by atoms with E-state index in [0.717, 1.165) is 28.1 Å². The maximum atomic E-state index is 13.8. The number of aryl methyl sites for hydroxylation is 2. The highest BCUT2D eigenvalue weighted by atomic mass is 32.2. The van der Waals surface area contributed by atoms with Gasteiger partial charge in [-0.25, -0.2) is 18.4 Å². The van der Waals surface area contributed by atoms with Crippen molar-refractivity contribution in [2.45, 2.75) is 24.0 Å². The minimum Gasteiger partial charge on any atom is -0.468 e. The maximum Gasteiger partial charge on any atom is 0.321 e. The van der Waals surface area contributed by atoms with Crippen LogP contribution in [0.1, 0.15) is 11.3 Å². The van der Waals surface area contributed by atoms with Crippen LogP contribution in [0.25, 0.3) is 11.1 Å². The van der Waals surface area contributed by atoms with Crippen LogP contribution < -0.4 is 4.90 Å². The zero-order valence-electron chi connectivity index (χ0n) is 21.6. The molecule has 5 rings (SSSR count). The van der Waals surface area contributed by atoms with Gasteiger partial charge in [0, 0.05) is 44.8 Å². The van der Waals surface area contributed by atoms with Gasteiger partial charge in [-0.05, 0) is 35.2 Å². The monoisotopic (exact) mass is 534 g/mol. The van der Waals surface area contributed by atoms with Gasteiger partial charge in [0.25, 0.3) is 10.0 Å². The Morgan fingerprint density at radius 1 is 1.11 bits per heavy atom. The van der Waals surface area contributed by atoms with Crippen molar-refractivity contribution in [2.24, 2.45) is 14.1 Å². The molecule has 11 heteroatoms. The molecule has 3 heterocycles. The second kappa shape index (κ2) is 10.4. The summed E-state index contributed by atoms with van der Waals surface area (Å²) in [5.41, 5.74) is 5.11. The molecule has 0 bridgehead atoms. The molecule has 0 saturated carbocycles. The van der Waals surface area contributed by atoms with Crippen molar-refractivity contribution < 1.29 is 17.9 Å². The van der Waals surface area contributed by atoms with Crippen molar-refractivity contribution in [2.75, 3.05) is 25.1 Å². The third-order valence-electron chi connectivity index (χ3n) is 6.86. The quantitative estimate of drug-likeness (QED) is 0.320. The molecule has 2 aromatic carbocycles. The van der Waals surface area contributed by atoms with E-state index in [4.69, 9.17) is 4.74 Å². The van der Waals surface area contributed by atoms with Gasteiger partial charge in [0.2, 0.25) is 0 Å². The van der Waals surface area contributed by atoms with E-state index in [9.17, 15) is 13.2 Å². The Balaban J connectivity index is 1.58. The lowest BCUT2D eigenvalue weighted by Crippen LogP contribution is -2.52. The molecular weight excluding hydrogens is 504 g/mol. The summed E-state index contributed by atoms with van der Waals surface area (Å²) in [6, 6.07) is 15.8. The van der Waals surface area contributed by atoms with Crippen LogP contribution in [-0.4, -0.2) is 64.0 Å². The zero-order chi connectivity index (χ0) is 26.9. The number of carbonyl (C=O) groups excluding carboxylic acids is 1. The second-order valence-electron chi connectivity index (χ2n) is 9.45. The van der Waals surface area contributed by atoms with E-state index in [0.29, 0.717) is 19.5 Å². The number of ether oxygens (including phenoxy) is 1. The highest BCUT2D eigenvalue weighted by Gasteiger charge is 2.39. The minimum absolute atomic E-state index is 0.106. The molecule has 1 unspecified atom stereocenters. The number of nitrogens with zero attached hydrogens (tertiary/aromatic N) is 6. The Labute approximate surface area is 222 Å². The molecule has 198 valence electrons. The average Bonchev–Trinajstić information content (AvgIpc) is 3.55. The number of carbonyl (C=O) groups is 1. The fraction of sp³-hybridized carbons (Fsp3) is 0.296. The number of hydrogen-bond acceptors (Lipinski definition) is 7. The van der Waals surface area contributed by atoms with Crippen LogP contribution in [0, 0.1) is 0 Å². The number of fused-ring (bicyclic) bond motifs is 1. The highest BCUT2D eigenvalue weighted by Crippen LogP contribution is 2.35. The lowest BCUT2D eigenvalue weighted by molar-refractivity contribution is -0.141. The number of anilines is 1. The summed E-state index contributed by atoms with van der Waals surface area (Å²) in [5, 5.41) is -0.106. The Hall–Kier alpha value is -3.96. The van der Waals surface area contributed by atoms with Gasteiger partial charge in [0.15, 0.2) is 5.03 Å². The van der Waals surface area contributed by atoms with Crippen molar-refractivity contribution in [3.8, 4) is 11.1 Å². The summed E-state index contributed by atoms with van der Waals surface area (Å²) in [6.45, 7) is 0.500. The standard InChI is InChI=1S/C27H30N6O4S/c1-30-16-26(29-19-30)38(35,36)33(17-27(34)37-3)23-12-22-11-21(20-7-5-4-6-8-20)9-10-25(22)32(14-23)15-24-13-28-18-31(24)2/h4-11,13,16,18-19,23H,12,14-15,17H2,1-3H3. The number of sulfonamides is 1. The molecule has 0 amide bonds. The molecule has 38 heavy (non-hydrogen) atoms. The molecule has 0 aliphatic carbocycles. The topological polar surface area (TPSA) is 103 Å². The van der Waals surface area contributed by atoms with E-state index in [1.807, 2.05) is 41.9 Å². The first-order chi connectivity index (χ1) is 18.3. The van der Waals surface area contributed by atoms with Gasteiger partial charge in [-0.3, -0.25) is 4.79 Å². The fourth-order valence-electron chi connectivity index (χ4n) is 4.86. The van der Waals surface area contributed by atoms with E-state index in [1.54, 1.807) is 24.1 Å². The summed E-state index contributed by atoms with van der Waals surface area (Å²) >= 11 is 0. The van der Waals surface area contributed by atoms with E-state index < -0.39 is 28.6 Å². The molecule has 1 aliphatic heterocycles. The van der Waals surface area contributed by atoms with Crippen molar-refractivity contribution in [1.29, 1.82) is 0 Å². The third-order valence-corrected chi connectivity index (χ3v) is 8.64. The lowest BCUT2D eigenvalue weighted by Gasteiger charge is -2.40. The fourth-order valence-corrected chi connectivity index (χ4v) is 6.39. The molecule has 1 aliphatic rings. The van der Waals surface area contributed by atoms with Crippen LogP contribution in [0.4, 0.5) is 5.69 Å². The van der Waals surface area contributed by atoms with Gasteiger partial charge >= 0.3 is 5.97 Å². The molecule has 0 radical (unpaired) electrons. The molecule has 4 aromatic rings. The first-order valence-electron chi connectivity index (χ1n) is 12.2. The number of imidazole rings is 2. The van der Waals surface area contributed by atoms with E-state index >= 15 is 0 Å². The minimum atomic E-state index is -4.09. The van der Waals surface area contributed by atoms with Crippen molar-refractivity contribution >= 4 is 21.7 Å². The van der Waals surface area contributed by atoms with Crippen LogP contribution in [0.2, 0.25) is 0 Å². The Kier molecular flexibility index (Phi) is 7.04. The SMILES string of the molecule is COC(=O)CN(C1Cc2cc(-c3ccccc3)ccc2N(Cc2cncn2C)C1)S(=O)(=O)c1cn(C)cn1. The van der Waals surface area contributed by atoms with Crippen molar-refractivity contribution in [3.05, 3.63) is 84.8 Å². The largest absolute Gasteiger partial charge is 0.468 e. The van der Waals surface area contributed by atoms with Gasteiger partial charge in [-0.15, -0.1) is 0 Å². The van der Waals surface area contributed by atoms with Gasteiger partial charge in [-0.1, -0.05) is 36.4 Å². The van der Waals surface area contributed by atoms with Crippen LogP contribution >= 0.6 is 0 Å². The molecule has 1 atom stereocenters. The van der Waals surface area contributed by atoms with Gasteiger partial charge < -0.3 is 18.8 Å². The lowest BCUT2D eigenvalue weighted by atomic mass is 9.93. The predicted octanol–water partition coefficient (Wildman–Crippen LogP) is 2.62. The first kappa shape index (κ1) is 25.7. The smallest absolute Gasteiger partial charge is 0.321 e. The van der Waals surface area contributed by atoms with Gasteiger partial charge in [-0.2, -0.15) is 4.31 Å². The van der Waals surface area contributed by atoms with Crippen LogP contribution in [0.15, 0.2) is 78.6 Å². The van der Waals surface area contributed by atoms with E-state index in [2.05, 4.69) is 33.1 Å². The summed E-state index contributed by atoms with van der Waals surface area (Å²) < 4.78 is 37.2. The van der Waals surface area contributed by atoms with Gasteiger partial charge in [0.05, 0.1) is 32.0 Å². The summed E-state index contributed by atoms with van der Waals surface area (Å²) in [7, 11) is 0.799. The molecule has 0 saturated heterocycles. The molecule has 0 fully saturated rings. The normalized spacial score (nSPS) is 15.5. The summed E-state index contributed by atoms with van der Waals surface area (Å²) in [5.74, 6) is -0.633. The molecule has 0 spiro atoms. The van der Waals surface area contributed by atoms with Crippen molar-refractivity contribution in [3.63, 3.8) is 0 Å². The Bertz CT molecular complexity index is 1550. The Morgan fingerprint density at radius 3 is 2.55 bits per heavy atom. The summed E-state index contributed by atoms with van der Waals surface area (Å²) in [6.07, 6.45) is 6.85. The zero-order valence-corrected chi connectivity index (χ0v) is 22.4. The summed E-state index contributed by atoms with van der Waals surface area (Å²) in [4.78, 5) is 22.9. The number of methoxy groups -OCH3 is 1. The van der Waals surface area contributed by atoms with Crippen LogP contribution in [0.3, 0.4) is 0 Å². The van der Waals surface area contributed by atoms with E-state index in [1.165, 1.54) is 23.9 Å². The molecule has 10 nitrogen and oxygen atoms in total. The first-order valence-corrected chi connectivity index (χ1v) is 13.7. The molecular formula is C27H30N6O4S. The average molecular weight is 535 g/mol. The molecule has 2 aromatic heterocycles. The third kappa shape index (κ3) is 5.07.